The van der Waals surface area contributed by atoms with Crippen molar-refractivity contribution in [1.82, 2.24) is 0 Å². The molecule has 12 heavy (non-hydrogen) atoms. The zero-order chi connectivity index (χ0) is 8.69. The van der Waals surface area contributed by atoms with Crippen molar-refractivity contribution in [1.29, 1.82) is 0 Å². The van der Waals surface area contributed by atoms with Crippen LogP contribution in [0.3, 0.4) is 0 Å². The molecular weight excluding hydrogens is 172 g/mol. The predicted molar refractivity (Wildman–Crippen MR) is 44.1 cm³/mol. The molecule has 0 fully saturated rings. The molecule has 66 valence electrons. The summed E-state index contributed by atoms with van der Waals surface area (Å²) in [6.07, 6.45) is 2.10. The van der Waals surface area contributed by atoms with Gasteiger partial charge in [-0.2, -0.15) is 0 Å². The summed E-state index contributed by atoms with van der Waals surface area (Å²) in [5, 5.41) is 16.4. The number of unbranched alkanes of at least 4 members (excludes halogenated alkanes) is 2. The molecule has 0 saturated heterocycles. The largest absolute Gasteiger partial charge is 0.481 e. The molecule has 0 aromatic rings. The van der Waals surface area contributed by atoms with Gasteiger partial charge in [-0.25, -0.2) is 0 Å². The number of carboxylic acids is 2. The van der Waals surface area contributed by atoms with Gasteiger partial charge >= 0.3 is 11.9 Å². The van der Waals surface area contributed by atoms with Gasteiger partial charge in [-0.3, -0.25) is 9.59 Å². The van der Waals surface area contributed by atoms with Gasteiger partial charge < -0.3 is 10.2 Å². The lowest BCUT2D eigenvalue weighted by Crippen LogP contribution is -1.96. The van der Waals surface area contributed by atoms with E-state index in [1.165, 1.54) is 0 Å². The van der Waals surface area contributed by atoms with Crippen LogP contribution < -0.4 is 0 Å². The molecule has 0 amide bonds. The average molecular weight is 184 g/mol. The maximum absolute atomic E-state index is 9.98. The molecular formula is C7H12MgO4. The Balaban J connectivity index is 0. The van der Waals surface area contributed by atoms with E-state index < -0.39 is 11.9 Å². The minimum atomic E-state index is -0.819. The van der Waals surface area contributed by atoms with Crippen molar-refractivity contribution in [2.45, 2.75) is 32.1 Å². The number of carbonyl (C=O) groups is 2. The van der Waals surface area contributed by atoms with Crippen LogP contribution in [-0.4, -0.2) is 45.2 Å². The summed E-state index contributed by atoms with van der Waals surface area (Å²) in [5.74, 6) is -1.64. The van der Waals surface area contributed by atoms with Crippen molar-refractivity contribution in [2.24, 2.45) is 0 Å². The zero-order valence-electron chi connectivity index (χ0n) is 6.95. The molecule has 0 heterocycles. The normalized spacial score (nSPS) is 8.67. The molecule has 0 saturated carbocycles. The lowest BCUT2D eigenvalue weighted by atomic mass is 10.1. The number of hydrogen-bond acceptors (Lipinski definition) is 2. The molecule has 0 aromatic carbocycles. The molecule has 0 rings (SSSR count). The minimum Gasteiger partial charge on any atom is -0.481 e. The van der Waals surface area contributed by atoms with Crippen molar-refractivity contribution in [3.05, 3.63) is 0 Å². The Morgan fingerprint density at radius 1 is 0.833 bits per heavy atom. The molecule has 0 atom stereocenters. The van der Waals surface area contributed by atoms with Gasteiger partial charge in [-0.15, -0.1) is 0 Å². The van der Waals surface area contributed by atoms with Crippen molar-refractivity contribution >= 4 is 35.0 Å². The first-order valence-electron chi connectivity index (χ1n) is 3.56. The molecule has 4 nitrogen and oxygen atoms in total. The summed E-state index contributed by atoms with van der Waals surface area (Å²) in [5.41, 5.74) is 0. The Morgan fingerprint density at radius 3 is 1.42 bits per heavy atom. The number of rotatable bonds is 6. The quantitative estimate of drug-likeness (QED) is 0.471. The maximum Gasteiger partial charge on any atom is 0.303 e. The fourth-order valence-electron chi connectivity index (χ4n) is 0.729. The van der Waals surface area contributed by atoms with Gasteiger partial charge in [0, 0.05) is 35.9 Å². The van der Waals surface area contributed by atoms with E-state index in [9.17, 15) is 9.59 Å². The van der Waals surface area contributed by atoms with Crippen LogP contribution in [0.2, 0.25) is 0 Å². The Hall–Kier alpha value is -0.294. The first-order valence-corrected chi connectivity index (χ1v) is 3.56. The smallest absolute Gasteiger partial charge is 0.303 e. The van der Waals surface area contributed by atoms with E-state index in [4.69, 9.17) is 10.2 Å². The average Bonchev–Trinajstić information content (AvgIpc) is 1.85. The summed E-state index contributed by atoms with van der Waals surface area (Å²) < 4.78 is 0. The van der Waals surface area contributed by atoms with Gasteiger partial charge in [0.1, 0.15) is 0 Å². The minimum absolute atomic E-state index is 0. The van der Waals surface area contributed by atoms with Crippen LogP contribution in [-0.2, 0) is 9.59 Å². The van der Waals surface area contributed by atoms with E-state index in [-0.39, 0.29) is 35.9 Å². The van der Waals surface area contributed by atoms with Gasteiger partial charge in [0.25, 0.3) is 0 Å². The summed E-state index contributed by atoms with van der Waals surface area (Å²) in [6, 6.07) is 0. The van der Waals surface area contributed by atoms with E-state index in [1.54, 1.807) is 0 Å². The van der Waals surface area contributed by atoms with Crippen molar-refractivity contribution in [3.63, 3.8) is 0 Å². The van der Waals surface area contributed by atoms with E-state index in [0.717, 1.165) is 0 Å². The highest BCUT2D eigenvalue weighted by Crippen LogP contribution is 2.02. The van der Waals surface area contributed by atoms with Crippen LogP contribution in [0.4, 0.5) is 0 Å². The zero-order valence-corrected chi connectivity index (χ0v) is 8.37. The maximum atomic E-state index is 9.98. The highest BCUT2D eigenvalue weighted by atomic mass is 24.3. The first-order chi connectivity index (χ1) is 5.13. The third-order valence-electron chi connectivity index (χ3n) is 1.28. The summed E-state index contributed by atoms with van der Waals surface area (Å²) in [4.78, 5) is 20.0. The topological polar surface area (TPSA) is 74.6 Å². The third kappa shape index (κ3) is 12.4. The second-order valence-electron chi connectivity index (χ2n) is 2.35. The summed E-state index contributed by atoms with van der Waals surface area (Å²) in [7, 11) is 0. The lowest BCUT2D eigenvalue weighted by molar-refractivity contribution is -0.137. The van der Waals surface area contributed by atoms with Gasteiger partial charge in [0.15, 0.2) is 0 Å². The highest BCUT2D eigenvalue weighted by molar-refractivity contribution is 5.75. The van der Waals surface area contributed by atoms with Gasteiger partial charge in [-0.05, 0) is 12.8 Å². The van der Waals surface area contributed by atoms with Crippen LogP contribution in [0.25, 0.3) is 0 Å². The fourth-order valence-corrected chi connectivity index (χ4v) is 0.729. The standard InChI is InChI=1S/C7H12O4.Mg/c8-6(9)4-2-1-3-5-7(10)11;/h1-5H2,(H,8,9)(H,10,11);. The Bertz CT molecular complexity index is 130. The Morgan fingerprint density at radius 2 is 1.17 bits per heavy atom. The van der Waals surface area contributed by atoms with Crippen LogP contribution in [0.5, 0.6) is 0 Å². The number of aliphatic carboxylic acids is 2. The van der Waals surface area contributed by atoms with E-state index in [0.29, 0.717) is 19.3 Å². The van der Waals surface area contributed by atoms with E-state index >= 15 is 0 Å². The van der Waals surface area contributed by atoms with Crippen molar-refractivity contribution in [3.8, 4) is 0 Å². The van der Waals surface area contributed by atoms with Gasteiger partial charge in [-0.1, -0.05) is 6.42 Å². The summed E-state index contributed by atoms with van der Waals surface area (Å²) in [6.45, 7) is 0. The third-order valence-corrected chi connectivity index (χ3v) is 1.28. The molecule has 2 N–H and O–H groups in total. The second kappa shape index (κ2) is 8.80. The fraction of sp³-hybridized carbons (Fsp3) is 0.714. The number of carboxylic acid groups (broad SMARTS) is 2. The molecule has 0 bridgehead atoms. The Labute approximate surface area is 87.1 Å². The van der Waals surface area contributed by atoms with E-state index in [2.05, 4.69) is 0 Å². The predicted octanol–water partition coefficient (Wildman–Crippen LogP) is 0.725. The molecule has 0 unspecified atom stereocenters. The molecule has 5 heteroatoms. The van der Waals surface area contributed by atoms with E-state index in [1.807, 2.05) is 0 Å². The van der Waals surface area contributed by atoms with Crippen LogP contribution in [0.1, 0.15) is 32.1 Å². The number of hydrogen-bond donors (Lipinski definition) is 2. The van der Waals surface area contributed by atoms with Gasteiger partial charge in [0.05, 0.1) is 0 Å². The van der Waals surface area contributed by atoms with Crippen molar-refractivity contribution < 1.29 is 19.8 Å². The molecule has 0 aliphatic carbocycles. The second-order valence-corrected chi connectivity index (χ2v) is 2.35. The molecule has 0 aromatic heterocycles. The molecule has 0 aliphatic heterocycles. The first kappa shape index (κ1) is 14.2. The molecule has 2 radical (unpaired) electrons. The SMILES string of the molecule is O=C(O)CCCCCC(=O)O.[Mg]. The van der Waals surface area contributed by atoms with Crippen LogP contribution in [0.15, 0.2) is 0 Å². The van der Waals surface area contributed by atoms with Crippen LogP contribution in [0, 0.1) is 0 Å². The van der Waals surface area contributed by atoms with Gasteiger partial charge in [0.2, 0.25) is 0 Å². The highest BCUT2D eigenvalue weighted by Gasteiger charge is 1.98. The lowest BCUT2D eigenvalue weighted by Gasteiger charge is -1.94. The monoisotopic (exact) mass is 184 g/mol. The van der Waals surface area contributed by atoms with Crippen LogP contribution >= 0.6 is 0 Å². The summed E-state index contributed by atoms with van der Waals surface area (Å²) >= 11 is 0. The van der Waals surface area contributed by atoms with Crippen molar-refractivity contribution in [2.75, 3.05) is 0 Å². The molecule has 0 spiro atoms. The molecule has 0 aliphatic rings. The Kier molecular flexibility index (Phi) is 10.4.